The molecule has 0 radical (unpaired) electrons. The summed E-state index contributed by atoms with van der Waals surface area (Å²) >= 11 is 1.50. The van der Waals surface area contributed by atoms with E-state index in [0.29, 0.717) is 12.2 Å². The Kier molecular flexibility index (Phi) is 8.44. The molecule has 1 fully saturated rings. The molecule has 0 aromatic rings. The lowest BCUT2D eigenvalue weighted by atomic mass is 10.1. The number of carboxylic acids is 2. The van der Waals surface area contributed by atoms with Gasteiger partial charge in [-0.25, -0.2) is 4.79 Å². The van der Waals surface area contributed by atoms with Crippen LogP contribution in [0.4, 0.5) is 0 Å². The number of rotatable bonds is 12. The van der Waals surface area contributed by atoms with Gasteiger partial charge in [0, 0.05) is 11.7 Å². The maximum Gasteiger partial charge on any atom is 0.352 e. The molecule has 0 aromatic carbocycles. The Morgan fingerprint density at radius 2 is 1.92 bits per heavy atom. The topological polar surface area (TPSA) is 130 Å². The lowest BCUT2D eigenvalue weighted by Gasteiger charge is -2.07. The van der Waals surface area contributed by atoms with Crippen LogP contribution < -0.4 is 11.1 Å². The van der Waals surface area contributed by atoms with Gasteiger partial charge in [-0.15, -0.1) is 0 Å². The van der Waals surface area contributed by atoms with Gasteiger partial charge < -0.3 is 21.3 Å². The highest BCUT2D eigenvalue weighted by atomic mass is 32.2. The summed E-state index contributed by atoms with van der Waals surface area (Å²) in [6.45, 7) is 3.98. The minimum Gasteiger partial charge on any atom is -0.480 e. The van der Waals surface area contributed by atoms with E-state index in [4.69, 9.17) is 10.8 Å². The van der Waals surface area contributed by atoms with Crippen molar-refractivity contribution in [3.05, 3.63) is 11.8 Å². The van der Waals surface area contributed by atoms with Crippen LogP contribution in [0.2, 0.25) is 0 Å². The summed E-state index contributed by atoms with van der Waals surface area (Å²) in [5.74, 6) is -1.22. The summed E-state index contributed by atoms with van der Waals surface area (Å²) < 4.78 is 0. The Morgan fingerprint density at radius 1 is 1.28 bits per heavy atom. The molecule has 0 spiro atoms. The summed E-state index contributed by atoms with van der Waals surface area (Å²) in [5, 5.41) is 20.4. The minimum atomic E-state index is -1.12. The lowest BCUT2D eigenvalue weighted by Crippen LogP contribution is -2.32. The van der Waals surface area contributed by atoms with Crippen molar-refractivity contribution >= 4 is 29.6 Å². The van der Waals surface area contributed by atoms with Crippen LogP contribution in [0.5, 0.6) is 0 Å². The van der Waals surface area contributed by atoms with Crippen molar-refractivity contribution in [1.82, 2.24) is 5.32 Å². The molecule has 25 heavy (non-hydrogen) atoms. The van der Waals surface area contributed by atoms with Gasteiger partial charge in [-0.2, -0.15) is 11.8 Å². The molecule has 2 atom stereocenters. The van der Waals surface area contributed by atoms with Gasteiger partial charge >= 0.3 is 11.9 Å². The van der Waals surface area contributed by atoms with E-state index in [9.17, 15) is 19.5 Å². The average Bonchev–Trinajstić information content (AvgIpc) is 3.16. The van der Waals surface area contributed by atoms with Crippen LogP contribution in [-0.4, -0.2) is 45.6 Å². The van der Waals surface area contributed by atoms with Gasteiger partial charge in [0.1, 0.15) is 11.7 Å². The third-order valence-corrected chi connectivity index (χ3v) is 5.45. The second-order valence-corrected chi connectivity index (χ2v) is 8.18. The van der Waals surface area contributed by atoms with Crippen LogP contribution in [0.25, 0.3) is 0 Å². The zero-order valence-corrected chi connectivity index (χ0v) is 15.6. The van der Waals surface area contributed by atoms with E-state index in [2.05, 4.69) is 5.32 Å². The normalized spacial score (nSPS) is 20.0. The third-order valence-electron chi connectivity index (χ3n) is 4.27. The van der Waals surface area contributed by atoms with Crippen LogP contribution in [0.15, 0.2) is 11.8 Å². The number of unbranched alkanes of at least 4 members (excludes halogenated alkanes) is 3. The smallest absolute Gasteiger partial charge is 0.352 e. The first-order chi connectivity index (χ1) is 11.6. The van der Waals surface area contributed by atoms with Gasteiger partial charge in [0.05, 0.1) is 0 Å². The van der Waals surface area contributed by atoms with Crippen molar-refractivity contribution in [1.29, 1.82) is 0 Å². The molecular weight excluding hydrogens is 344 g/mol. The number of carboxylic acid groups (broad SMARTS) is 2. The van der Waals surface area contributed by atoms with E-state index in [-0.39, 0.29) is 22.9 Å². The van der Waals surface area contributed by atoms with Crippen LogP contribution in [-0.2, 0) is 14.4 Å². The van der Waals surface area contributed by atoms with Crippen molar-refractivity contribution in [3.63, 3.8) is 0 Å². The van der Waals surface area contributed by atoms with E-state index in [1.54, 1.807) is 6.08 Å². The first kappa shape index (κ1) is 21.5. The number of nitrogens with one attached hydrogen (secondary N) is 1. The minimum absolute atomic E-state index is 0.0332. The van der Waals surface area contributed by atoms with Crippen LogP contribution in [0, 0.1) is 11.3 Å². The first-order valence-electron chi connectivity index (χ1n) is 8.45. The summed E-state index contributed by atoms with van der Waals surface area (Å²) in [7, 11) is 0. The molecule has 0 aromatic heterocycles. The number of aliphatic carboxylic acids is 2. The quantitative estimate of drug-likeness (QED) is 0.304. The lowest BCUT2D eigenvalue weighted by molar-refractivity contribution is -0.138. The van der Waals surface area contributed by atoms with Crippen molar-refractivity contribution in [2.24, 2.45) is 17.1 Å². The van der Waals surface area contributed by atoms with E-state index in [1.165, 1.54) is 11.8 Å². The number of allylic oxidation sites excluding steroid dienone is 1. The Balaban J connectivity index is 2.20. The van der Waals surface area contributed by atoms with Gasteiger partial charge in [-0.05, 0) is 36.9 Å². The van der Waals surface area contributed by atoms with E-state index in [1.807, 2.05) is 13.8 Å². The molecule has 0 aliphatic heterocycles. The fourth-order valence-corrected chi connectivity index (χ4v) is 3.35. The highest BCUT2D eigenvalue weighted by Gasteiger charge is 2.50. The van der Waals surface area contributed by atoms with Crippen molar-refractivity contribution < 1.29 is 24.6 Å². The predicted molar refractivity (Wildman–Crippen MR) is 97.2 cm³/mol. The summed E-state index contributed by atoms with van der Waals surface area (Å²) in [6, 6.07) is -0.828. The third kappa shape index (κ3) is 7.92. The maximum atomic E-state index is 12.0. The molecule has 0 saturated heterocycles. The largest absolute Gasteiger partial charge is 0.480 e. The molecule has 8 heteroatoms. The molecule has 0 heterocycles. The molecule has 2 unspecified atom stereocenters. The molecule has 1 saturated carbocycles. The van der Waals surface area contributed by atoms with Crippen LogP contribution in [0.1, 0.15) is 46.0 Å². The Hall–Kier alpha value is -1.54. The molecule has 142 valence electrons. The first-order valence-corrected chi connectivity index (χ1v) is 9.61. The molecule has 0 bridgehead atoms. The second-order valence-electron chi connectivity index (χ2n) is 7.03. The fourth-order valence-electron chi connectivity index (χ4n) is 2.38. The Labute approximate surface area is 152 Å². The zero-order chi connectivity index (χ0) is 19.0. The predicted octanol–water partition coefficient (Wildman–Crippen LogP) is 1.82. The zero-order valence-electron chi connectivity index (χ0n) is 14.8. The SMILES string of the molecule is CC1(C)CC1C(=O)N/C(=C/CCCCCSCC(N)C(=O)O)C(=O)O. The average molecular weight is 372 g/mol. The molecule has 5 N–H and O–H groups in total. The fraction of sp³-hybridized carbons (Fsp3) is 0.706. The van der Waals surface area contributed by atoms with Gasteiger partial charge in [-0.1, -0.05) is 26.3 Å². The van der Waals surface area contributed by atoms with Crippen LogP contribution in [0.3, 0.4) is 0 Å². The maximum absolute atomic E-state index is 12.0. The van der Waals surface area contributed by atoms with Gasteiger partial charge in [0.2, 0.25) is 5.91 Å². The highest BCUT2D eigenvalue weighted by molar-refractivity contribution is 7.99. The van der Waals surface area contributed by atoms with Gasteiger partial charge in [0.25, 0.3) is 0 Å². The van der Waals surface area contributed by atoms with E-state index >= 15 is 0 Å². The van der Waals surface area contributed by atoms with E-state index in [0.717, 1.165) is 31.4 Å². The molecule has 1 rings (SSSR count). The van der Waals surface area contributed by atoms with Crippen molar-refractivity contribution in [2.75, 3.05) is 11.5 Å². The summed E-state index contributed by atoms with van der Waals surface area (Å²) in [5.41, 5.74) is 5.32. The number of carbonyl (C=O) groups excluding carboxylic acids is 1. The van der Waals surface area contributed by atoms with E-state index < -0.39 is 18.0 Å². The standard InChI is InChI=1S/C17H28N2O5S/c1-17(2)9-11(17)14(20)19-13(16(23)24)7-5-3-4-6-8-25-10-12(18)15(21)22/h7,11-12H,3-6,8-10,18H2,1-2H3,(H,19,20)(H,21,22)(H,23,24)/b13-7+. The molecule has 1 aliphatic rings. The molecule has 1 aliphatic carbocycles. The molecular formula is C17H28N2O5S. The van der Waals surface area contributed by atoms with Crippen molar-refractivity contribution in [2.45, 2.75) is 52.0 Å². The number of amides is 1. The second kappa shape index (κ2) is 9.82. The summed E-state index contributed by atoms with van der Waals surface area (Å²) in [6.07, 6.45) is 5.55. The number of nitrogens with two attached hydrogens (primary N) is 1. The van der Waals surface area contributed by atoms with Crippen LogP contribution >= 0.6 is 11.8 Å². The number of thioether (sulfide) groups is 1. The van der Waals surface area contributed by atoms with Gasteiger partial charge in [-0.3, -0.25) is 9.59 Å². The number of carbonyl (C=O) groups is 3. The summed E-state index contributed by atoms with van der Waals surface area (Å²) in [4.78, 5) is 33.8. The number of hydrogen-bond donors (Lipinski definition) is 4. The monoisotopic (exact) mass is 372 g/mol. The molecule has 1 amide bonds. The molecule has 7 nitrogen and oxygen atoms in total. The van der Waals surface area contributed by atoms with Crippen molar-refractivity contribution in [3.8, 4) is 0 Å². The number of hydrogen-bond acceptors (Lipinski definition) is 5. The Bertz CT molecular complexity index is 533. The van der Waals surface area contributed by atoms with Gasteiger partial charge in [0.15, 0.2) is 0 Å². The highest BCUT2D eigenvalue weighted by Crippen LogP contribution is 2.51. The Morgan fingerprint density at radius 3 is 2.44 bits per heavy atom.